The minimum absolute atomic E-state index is 0.254. The largest absolute Gasteiger partial charge is 0.507 e. The van der Waals surface area contributed by atoms with E-state index >= 15 is 0 Å². The van der Waals surface area contributed by atoms with Gasteiger partial charge in [-0.2, -0.15) is 5.10 Å². The van der Waals surface area contributed by atoms with Crippen LogP contribution in [0.4, 0.5) is 5.69 Å². The molecule has 0 atom stereocenters. The van der Waals surface area contributed by atoms with E-state index in [4.69, 9.17) is 5.10 Å². The number of hydrogen-bond acceptors (Lipinski definition) is 3. The summed E-state index contributed by atoms with van der Waals surface area (Å²) in [5, 5.41) is 15.7. The zero-order valence-electron chi connectivity index (χ0n) is 17.1. The van der Waals surface area contributed by atoms with Gasteiger partial charge in [0, 0.05) is 39.5 Å². The number of anilines is 1. The minimum atomic E-state index is 0.254. The Morgan fingerprint density at radius 2 is 1.57 bits per heavy atom. The third kappa shape index (κ3) is 3.81. The van der Waals surface area contributed by atoms with Crippen molar-refractivity contribution in [3.8, 4) is 33.8 Å². The molecule has 0 bridgehead atoms. The Bertz CT molecular complexity index is 1150. The second kappa shape index (κ2) is 8.92. The lowest BCUT2D eigenvalue weighted by Crippen LogP contribution is -2.21. The number of hydrogen-bond donors (Lipinski definition) is 1. The topological polar surface area (TPSA) is 41.3 Å². The average Bonchev–Trinajstić information content (AvgIpc) is 3.20. The van der Waals surface area contributed by atoms with E-state index in [2.05, 4.69) is 59.5 Å². The lowest BCUT2D eigenvalue weighted by atomic mass is 10.00. The smallest absolute Gasteiger partial charge is 0.127 e. The lowest BCUT2D eigenvalue weighted by Gasteiger charge is -2.22. The van der Waals surface area contributed by atoms with Gasteiger partial charge in [0.2, 0.25) is 0 Å². The molecule has 4 nitrogen and oxygen atoms in total. The first kappa shape index (κ1) is 20.5. The number of para-hydroxylation sites is 1. The molecule has 1 N–H and O–H groups in total. The van der Waals surface area contributed by atoms with Crippen LogP contribution < -0.4 is 4.90 Å². The van der Waals surface area contributed by atoms with Gasteiger partial charge in [-0.3, -0.25) is 0 Å². The Balaban J connectivity index is 1.94. The number of aromatic hydroxyl groups is 1. The van der Waals surface area contributed by atoms with Gasteiger partial charge in [0.25, 0.3) is 0 Å². The summed E-state index contributed by atoms with van der Waals surface area (Å²) in [4.78, 5) is 2.22. The van der Waals surface area contributed by atoms with Crippen LogP contribution in [0.15, 0.2) is 79.0 Å². The second-order valence-corrected chi connectivity index (χ2v) is 8.17. The molecule has 0 fully saturated rings. The van der Waals surface area contributed by atoms with Crippen molar-refractivity contribution in [2.75, 3.05) is 18.0 Å². The molecular formula is C25H24IN3O. The van der Waals surface area contributed by atoms with E-state index in [0.29, 0.717) is 0 Å². The van der Waals surface area contributed by atoms with Gasteiger partial charge >= 0.3 is 0 Å². The third-order valence-electron chi connectivity index (χ3n) is 5.30. The van der Waals surface area contributed by atoms with Crippen molar-refractivity contribution in [2.24, 2.45) is 0 Å². The fourth-order valence-corrected chi connectivity index (χ4v) is 4.43. The van der Waals surface area contributed by atoms with Gasteiger partial charge in [0.1, 0.15) is 5.75 Å². The highest BCUT2D eigenvalue weighted by Crippen LogP contribution is 2.40. The summed E-state index contributed by atoms with van der Waals surface area (Å²) in [5.74, 6) is 0.254. The predicted molar refractivity (Wildman–Crippen MR) is 132 cm³/mol. The number of halogens is 1. The summed E-state index contributed by atoms with van der Waals surface area (Å²) in [5.41, 5.74) is 5.72. The Hall–Kier alpha value is -2.80. The van der Waals surface area contributed by atoms with Gasteiger partial charge in [-0.1, -0.05) is 36.4 Å². The lowest BCUT2D eigenvalue weighted by molar-refractivity contribution is 0.477. The molecule has 0 amide bonds. The number of aromatic nitrogens is 2. The standard InChI is InChI=1S/C25H24IN3O/c1-3-28(4-2)19-14-15-21(24(30)16-19)25-22(20-12-8-9-13-23(20)26)17-27-29(25)18-10-6-5-7-11-18/h5-17,30H,3-4H2,1-2H3. The fraction of sp³-hybridized carbons (Fsp3) is 0.160. The van der Waals surface area contributed by atoms with Crippen molar-refractivity contribution >= 4 is 28.3 Å². The van der Waals surface area contributed by atoms with Crippen LogP contribution in [0.3, 0.4) is 0 Å². The summed E-state index contributed by atoms with van der Waals surface area (Å²) < 4.78 is 3.05. The second-order valence-electron chi connectivity index (χ2n) is 7.01. The van der Waals surface area contributed by atoms with Crippen LogP contribution >= 0.6 is 22.6 Å². The quantitative estimate of drug-likeness (QED) is 0.308. The zero-order valence-corrected chi connectivity index (χ0v) is 19.2. The molecular weight excluding hydrogens is 485 g/mol. The molecule has 0 spiro atoms. The van der Waals surface area contributed by atoms with Gasteiger partial charge in [-0.25, -0.2) is 4.68 Å². The molecule has 152 valence electrons. The van der Waals surface area contributed by atoms with E-state index in [9.17, 15) is 5.11 Å². The average molecular weight is 509 g/mol. The molecule has 0 radical (unpaired) electrons. The summed E-state index contributed by atoms with van der Waals surface area (Å²) in [6.07, 6.45) is 1.89. The van der Waals surface area contributed by atoms with E-state index in [1.165, 1.54) is 0 Å². The molecule has 0 aliphatic heterocycles. The number of rotatable bonds is 6. The van der Waals surface area contributed by atoms with Crippen molar-refractivity contribution in [1.29, 1.82) is 0 Å². The molecule has 0 saturated heterocycles. The van der Waals surface area contributed by atoms with Gasteiger partial charge in [0.05, 0.1) is 17.6 Å². The first-order valence-electron chi connectivity index (χ1n) is 10.1. The van der Waals surface area contributed by atoms with E-state index in [0.717, 1.165) is 50.4 Å². The molecule has 30 heavy (non-hydrogen) atoms. The van der Waals surface area contributed by atoms with Crippen molar-refractivity contribution in [3.05, 3.63) is 82.6 Å². The maximum atomic E-state index is 11.0. The Kier molecular flexibility index (Phi) is 6.08. The maximum absolute atomic E-state index is 11.0. The number of phenolic OH excluding ortho intramolecular Hbond substituents is 1. The number of benzene rings is 3. The molecule has 0 unspecified atom stereocenters. The Morgan fingerprint density at radius 1 is 0.867 bits per heavy atom. The van der Waals surface area contributed by atoms with Gasteiger partial charge < -0.3 is 10.0 Å². The van der Waals surface area contributed by atoms with Crippen LogP contribution in [0.1, 0.15) is 13.8 Å². The number of phenols is 1. The van der Waals surface area contributed by atoms with E-state index < -0.39 is 0 Å². The monoisotopic (exact) mass is 509 g/mol. The van der Waals surface area contributed by atoms with Gasteiger partial charge in [-0.15, -0.1) is 0 Å². The molecule has 0 aliphatic rings. The highest BCUT2D eigenvalue weighted by molar-refractivity contribution is 14.1. The van der Waals surface area contributed by atoms with E-state index in [1.807, 2.05) is 65.5 Å². The van der Waals surface area contributed by atoms with Crippen LogP contribution in [0.25, 0.3) is 28.1 Å². The Morgan fingerprint density at radius 3 is 2.23 bits per heavy atom. The fourth-order valence-electron chi connectivity index (χ4n) is 3.76. The first-order chi connectivity index (χ1) is 14.6. The molecule has 1 heterocycles. The molecule has 4 aromatic rings. The summed E-state index contributed by atoms with van der Waals surface area (Å²) >= 11 is 2.35. The summed E-state index contributed by atoms with van der Waals surface area (Å²) in [6.45, 7) is 6.03. The summed E-state index contributed by atoms with van der Waals surface area (Å²) in [7, 11) is 0. The third-order valence-corrected chi connectivity index (χ3v) is 6.24. The van der Waals surface area contributed by atoms with Crippen molar-refractivity contribution in [3.63, 3.8) is 0 Å². The molecule has 0 saturated carbocycles. The first-order valence-corrected chi connectivity index (χ1v) is 11.2. The Labute approximate surface area is 190 Å². The molecule has 5 heteroatoms. The SMILES string of the molecule is CCN(CC)c1ccc(-c2c(-c3ccccc3I)cnn2-c2ccccc2)c(O)c1. The predicted octanol–water partition coefficient (Wildman–Crippen LogP) is 6.36. The zero-order chi connectivity index (χ0) is 21.1. The van der Waals surface area contributed by atoms with E-state index in [-0.39, 0.29) is 5.75 Å². The van der Waals surface area contributed by atoms with Crippen LogP contribution in [-0.4, -0.2) is 28.0 Å². The van der Waals surface area contributed by atoms with E-state index in [1.54, 1.807) is 0 Å². The van der Waals surface area contributed by atoms with Crippen molar-refractivity contribution < 1.29 is 5.11 Å². The molecule has 4 rings (SSSR count). The summed E-state index contributed by atoms with van der Waals surface area (Å²) in [6, 6.07) is 24.2. The maximum Gasteiger partial charge on any atom is 0.127 e. The number of nitrogens with zero attached hydrogens (tertiary/aromatic N) is 3. The van der Waals surface area contributed by atoms with Gasteiger partial charge in [-0.05, 0) is 72.3 Å². The highest BCUT2D eigenvalue weighted by atomic mass is 127. The van der Waals surface area contributed by atoms with Crippen LogP contribution in [0.2, 0.25) is 0 Å². The molecule has 3 aromatic carbocycles. The van der Waals surface area contributed by atoms with Crippen molar-refractivity contribution in [2.45, 2.75) is 13.8 Å². The van der Waals surface area contributed by atoms with Crippen LogP contribution in [0.5, 0.6) is 5.75 Å². The highest BCUT2D eigenvalue weighted by Gasteiger charge is 2.20. The molecule has 0 aliphatic carbocycles. The van der Waals surface area contributed by atoms with Crippen LogP contribution in [-0.2, 0) is 0 Å². The van der Waals surface area contributed by atoms with Crippen LogP contribution in [0, 0.1) is 3.57 Å². The molecule has 1 aromatic heterocycles. The normalized spacial score (nSPS) is 10.9. The van der Waals surface area contributed by atoms with Gasteiger partial charge in [0.15, 0.2) is 0 Å². The minimum Gasteiger partial charge on any atom is -0.507 e. The van der Waals surface area contributed by atoms with Crippen molar-refractivity contribution in [1.82, 2.24) is 9.78 Å².